The first-order valence-corrected chi connectivity index (χ1v) is 10.1. The molecule has 3 heteroatoms. The monoisotopic (exact) mass is 385 g/mol. The summed E-state index contributed by atoms with van der Waals surface area (Å²) in [7, 11) is 1.74. The van der Waals surface area contributed by atoms with E-state index in [1.54, 1.807) is 13.2 Å². The van der Waals surface area contributed by atoms with Gasteiger partial charge in [0.1, 0.15) is 5.75 Å². The first kappa shape index (κ1) is 19.4. The number of phenols is 1. The summed E-state index contributed by atoms with van der Waals surface area (Å²) in [5, 5.41) is 16.9. The molecule has 2 unspecified atom stereocenters. The Hall–Kier alpha value is -2.88. The number of hydrogen-bond donors (Lipinski definition) is 2. The number of nitrogens with one attached hydrogen (secondary N) is 1. The highest BCUT2D eigenvalue weighted by Gasteiger charge is 2.32. The molecule has 0 saturated heterocycles. The highest BCUT2D eigenvalue weighted by molar-refractivity contribution is 5.88. The van der Waals surface area contributed by atoms with Crippen LogP contribution in [0.4, 0.5) is 0 Å². The summed E-state index contributed by atoms with van der Waals surface area (Å²) in [6, 6.07) is 22.4. The molecule has 29 heavy (non-hydrogen) atoms. The van der Waals surface area contributed by atoms with Crippen molar-refractivity contribution in [3.63, 3.8) is 0 Å². The lowest BCUT2D eigenvalue weighted by atomic mass is 9.82. The van der Waals surface area contributed by atoms with Gasteiger partial charge < -0.3 is 15.2 Å². The predicted molar refractivity (Wildman–Crippen MR) is 119 cm³/mol. The van der Waals surface area contributed by atoms with Crippen molar-refractivity contribution >= 4 is 10.8 Å². The van der Waals surface area contributed by atoms with E-state index in [1.165, 1.54) is 5.56 Å². The fourth-order valence-electron chi connectivity index (χ4n) is 4.25. The van der Waals surface area contributed by atoms with E-state index in [0.717, 1.165) is 16.3 Å². The van der Waals surface area contributed by atoms with Gasteiger partial charge in [-0.1, -0.05) is 85.0 Å². The molecule has 4 atom stereocenters. The molecule has 0 heterocycles. The van der Waals surface area contributed by atoms with Crippen LogP contribution in [-0.2, 0) is 4.74 Å². The smallest absolute Gasteiger partial charge is 0.121 e. The van der Waals surface area contributed by atoms with Crippen LogP contribution in [0.3, 0.4) is 0 Å². The topological polar surface area (TPSA) is 41.5 Å². The number of rotatable bonds is 6. The second-order valence-electron chi connectivity index (χ2n) is 7.54. The maximum Gasteiger partial charge on any atom is 0.121 e. The summed E-state index contributed by atoms with van der Waals surface area (Å²) in [6.07, 6.45) is 8.26. The number of methoxy groups -OCH3 is 1. The molecule has 0 radical (unpaired) electrons. The van der Waals surface area contributed by atoms with Crippen LogP contribution in [0.1, 0.15) is 30.1 Å². The van der Waals surface area contributed by atoms with Gasteiger partial charge in [0, 0.05) is 30.7 Å². The predicted octanol–water partition coefficient (Wildman–Crippen LogP) is 5.69. The van der Waals surface area contributed by atoms with Crippen LogP contribution in [0.2, 0.25) is 0 Å². The third kappa shape index (κ3) is 3.98. The molecule has 0 aliphatic heterocycles. The van der Waals surface area contributed by atoms with Crippen molar-refractivity contribution < 1.29 is 9.84 Å². The van der Waals surface area contributed by atoms with Gasteiger partial charge in [-0.15, -0.1) is 0 Å². The number of fused-ring (bicyclic) bond motifs is 1. The number of aromatic hydroxyl groups is 1. The van der Waals surface area contributed by atoms with Crippen molar-refractivity contribution in [2.75, 3.05) is 7.11 Å². The van der Waals surface area contributed by atoms with Gasteiger partial charge in [0.15, 0.2) is 0 Å². The van der Waals surface area contributed by atoms with Crippen LogP contribution < -0.4 is 5.32 Å². The van der Waals surface area contributed by atoms with E-state index < -0.39 is 0 Å². The molecule has 2 N–H and O–H groups in total. The molecule has 0 aromatic heterocycles. The Morgan fingerprint density at radius 1 is 0.897 bits per heavy atom. The summed E-state index contributed by atoms with van der Waals surface area (Å²) >= 11 is 0. The van der Waals surface area contributed by atoms with Crippen molar-refractivity contribution in [2.45, 2.75) is 25.1 Å². The number of ether oxygens (including phenoxy) is 1. The van der Waals surface area contributed by atoms with Gasteiger partial charge in [-0.3, -0.25) is 0 Å². The summed E-state index contributed by atoms with van der Waals surface area (Å²) in [5.74, 6) is 0.354. The molecule has 3 aromatic carbocycles. The lowest BCUT2D eigenvalue weighted by Gasteiger charge is -2.35. The van der Waals surface area contributed by atoms with Crippen LogP contribution in [0.5, 0.6) is 5.75 Å². The molecule has 4 rings (SSSR count). The quantitative estimate of drug-likeness (QED) is 0.572. The largest absolute Gasteiger partial charge is 0.508 e. The van der Waals surface area contributed by atoms with Crippen LogP contribution in [-0.4, -0.2) is 18.3 Å². The molecule has 0 saturated carbocycles. The summed E-state index contributed by atoms with van der Waals surface area (Å²) in [4.78, 5) is 0. The number of hydrogen-bond acceptors (Lipinski definition) is 3. The molecular formula is C26H27NO2. The van der Waals surface area contributed by atoms with E-state index in [-0.39, 0.29) is 24.1 Å². The second-order valence-corrected chi connectivity index (χ2v) is 7.54. The first-order chi connectivity index (χ1) is 14.2. The van der Waals surface area contributed by atoms with Crippen LogP contribution in [0.25, 0.3) is 10.8 Å². The molecule has 0 spiro atoms. The van der Waals surface area contributed by atoms with E-state index in [9.17, 15) is 5.11 Å². The number of allylic oxidation sites excluding steroid dienone is 2. The summed E-state index contributed by atoms with van der Waals surface area (Å²) in [5.41, 5.74) is 2.12. The Morgan fingerprint density at radius 2 is 1.62 bits per heavy atom. The normalized spacial score (nSPS) is 20.6. The Balaban J connectivity index is 1.82. The van der Waals surface area contributed by atoms with Gasteiger partial charge in [-0.05, 0) is 29.3 Å². The number of benzene rings is 3. The third-order valence-electron chi connectivity index (χ3n) is 5.77. The van der Waals surface area contributed by atoms with E-state index >= 15 is 0 Å². The number of phenolic OH excluding ortho intramolecular Hbond substituents is 1. The SMILES string of the molecule is COC1C=CC=C[C@H]1C(N[C@@H](C)c1ccccc1)c1c(O)ccc2ccccc12. The molecule has 1 aliphatic rings. The lowest BCUT2D eigenvalue weighted by Crippen LogP contribution is -2.36. The van der Waals surface area contributed by atoms with Crippen molar-refractivity contribution in [3.8, 4) is 5.75 Å². The Bertz CT molecular complexity index is 1030. The lowest BCUT2D eigenvalue weighted by molar-refractivity contribution is 0.0872. The van der Waals surface area contributed by atoms with Crippen molar-refractivity contribution in [1.82, 2.24) is 5.32 Å². The molecule has 148 valence electrons. The minimum absolute atomic E-state index is 0.0490. The molecule has 3 nitrogen and oxygen atoms in total. The van der Waals surface area contributed by atoms with Crippen molar-refractivity contribution in [3.05, 3.63) is 102 Å². The van der Waals surface area contributed by atoms with Gasteiger partial charge in [0.05, 0.1) is 6.10 Å². The zero-order chi connectivity index (χ0) is 20.2. The first-order valence-electron chi connectivity index (χ1n) is 10.1. The molecule has 0 fully saturated rings. The standard InChI is InChI=1S/C26H27NO2/c1-18(19-10-4-3-5-11-19)27-26(22-14-8-9-15-24(22)29-2)25-21-13-7-6-12-20(21)16-17-23(25)28/h3-18,22,24,26-28H,1-2H3/t18-,22+,24?,26?/m0/s1. The van der Waals surface area contributed by atoms with Crippen LogP contribution in [0, 0.1) is 5.92 Å². The zero-order valence-corrected chi connectivity index (χ0v) is 16.8. The highest BCUT2D eigenvalue weighted by atomic mass is 16.5. The van der Waals surface area contributed by atoms with Gasteiger partial charge in [-0.25, -0.2) is 0 Å². The van der Waals surface area contributed by atoms with Gasteiger partial charge in [0.2, 0.25) is 0 Å². The minimum Gasteiger partial charge on any atom is -0.508 e. The van der Waals surface area contributed by atoms with Crippen LogP contribution >= 0.6 is 0 Å². The highest BCUT2D eigenvalue weighted by Crippen LogP contribution is 2.40. The molecule has 0 bridgehead atoms. The third-order valence-corrected chi connectivity index (χ3v) is 5.77. The molecule has 3 aromatic rings. The Morgan fingerprint density at radius 3 is 2.41 bits per heavy atom. The molecule has 0 amide bonds. The van der Waals surface area contributed by atoms with E-state index in [2.05, 4.69) is 66.9 Å². The average Bonchev–Trinajstić information content (AvgIpc) is 2.78. The summed E-state index contributed by atoms with van der Waals surface area (Å²) < 4.78 is 5.79. The van der Waals surface area contributed by atoms with Crippen LogP contribution in [0.15, 0.2) is 91.0 Å². The Kier molecular flexibility index (Phi) is 5.79. The van der Waals surface area contributed by atoms with E-state index in [4.69, 9.17) is 4.74 Å². The Labute approximate surface area is 172 Å². The van der Waals surface area contributed by atoms with E-state index in [1.807, 2.05) is 30.3 Å². The zero-order valence-electron chi connectivity index (χ0n) is 16.8. The molecular weight excluding hydrogens is 358 g/mol. The van der Waals surface area contributed by atoms with Gasteiger partial charge in [0.25, 0.3) is 0 Å². The minimum atomic E-state index is -0.123. The second kappa shape index (κ2) is 8.64. The fourth-order valence-corrected chi connectivity index (χ4v) is 4.25. The maximum atomic E-state index is 10.9. The maximum absolute atomic E-state index is 10.9. The van der Waals surface area contributed by atoms with Gasteiger partial charge in [-0.2, -0.15) is 0 Å². The van der Waals surface area contributed by atoms with Gasteiger partial charge >= 0.3 is 0 Å². The fraction of sp³-hybridized carbons (Fsp3) is 0.231. The van der Waals surface area contributed by atoms with Crippen molar-refractivity contribution in [2.24, 2.45) is 5.92 Å². The summed E-state index contributed by atoms with van der Waals surface area (Å²) in [6.45, 7) is 2.16. The molecule has 1 aliphatic carbocycles. The average molecular weight is 386 g/mol. The van der Waals surface area contributed by atoms with E-state index in [0.29, 0.717) is 5.75 Å². The van der Waals surface area contributed by atoms with Crippen molar-refractivity contribution in [1.29, 1.82) is 0 Å².